The highest BCUT2D eigenvalue weighted by Crippen LogP contribution is 2.23. The highest BCUT2D eigenvalue weighted by atomic mass is 16.5. The molecule has 0 unspecified atom stereocenters. The highest BCUT2D eigenvalue weighted by molar-refractivity contribution is 5.99. The number of carbonyl (C=O) groups excluding carboxylic acids is 2. The van der Waals surface area contributed by atoms with Gasteiger partial charge in [-0.2, -0.15) is 0 Å². The summed E-state index contributed by atoms with van der Waals surface area (Å²) in [6.07, 6.45) is 3.23. The number of hydrogen-bond acceptors (Lipinski definition) is 4. The molecule has 1 aromatic heterocycles. The first-order valence-corrected chi connectivity index (χ1v) is 9.44. The van der Waals surface area contributed by atoms with Crippen LogP contribution in [0.3, 0.4) is 0 Å². The molecule has 2 aromatic rings. The van der Waals surface area contributed by atoms with Gasteiger partial charge in [0.2, 0.25) is 0 Å². The lowest BCUT2D eigenvalue weighted by Crippen LogP contribution is -2.48. The predicted octanol–water partition coefficient (Wildman–Crippen LogP) is 1.55. The Labute approximate surface area is 163 Å². The van der Waals surface area contributed by atoms with E-state index in [1.165, 1.54) is 23.9 Å². The SMILES string of the molecule is CCOC1CC(NC(=O)c2cc(C(=O)NC)c(=O)n(Cc3ccccc3)c2)C1. The third kappa shape index (κ3) is 4.48. The van der Waals surface area contributed by atoms with Crippen molar-refractivity contribution in [1.82, 2.24) is 15.2 Å². The molecule has 0 spiro atoms. The van der Waals surface area contributed by atoms with Gasteiger partial charge >= 0.3 is 0 Å². The molecule has 1 fully saturated rings. The van der Waals surface area contributed by atoms with Crippen LogP contribution >= 0.6 is 0 Å². The van der Waals surface area contributed by atoms with Gasteiger partial charge in [-0.1, -0.05) is 30.3 Å². The minimum atomic E-state index is -0.512. The number of benzene rings is 1. The molecule has 148 valence electrons. The molecule has 0 atom stereocenters. The Balaban J connectivity index is 1.84. The van der Waals surface area contributed by atoms with Gasteiger partial charge in [0.1, 0.15) is 5.56 Å². The first kappa shape index (κ1) is 19.8. The summed E-state index contributed by atoms with van der Waals surface area (Å²) in [5.74, 6) is -0.812. The number of pyridine rings is 1. The van der Waals surface area contributed by atoms with Crippen molar-refractivity contribution in [3.63, 3.8) is 0 Å². The van der Waals surface area contributed by atoms with Crippen LogP contribution in [-0.4, -0.2) is 42.2 Å². The van der Waals surface area contributed by atoms with Crippen LogP contribution in [-0.2, 0) is 11.3 Å². The van der Waals surface area contributed by atoms with Gasteiger partial charge in [0.25, 0.3) is 17.4 Å². The van der Waals surface area contributed by atoms with E-state index in [2.05, 4.69) is 10.6 Å². The van der Waals surface area contributed by atoms with Crippen LogP contribution in [0, 0.1) is 0 Å². The van der Waals surface area contributed by atoms with Gasteiger partial charge in [-0.15, -0.1) is 0 Å². The molecule has 0 bridgehead atoms. The van der Waals surface area contributed by atoms with Crippen molar-refractivity contribution in [2.24, 2.45) is 0 Å². The van der Waals surface area contributed by atoms with Crippen LogP contribution in [0.25, 0.3) is 0 Å². The van der Waals surface area contributed by atoms with Crippen LogP contribution in [0.15, 0.2) is 47.4 Å². The number of rotatable bonds is 7. The monoisotopic (exact) mass is 383 g/mol. The van der Waals surface area contributed by atoms with E-state index in [1.807, 2.05) is 37.3 Å². The summed E-state index contributed by atoms with van der Waals surface area (Å²) in [5.41, 5.74) is 0.712. The van der Waals surface area contributed by atoms with Gasteiger partial charge in [0.05, 0.1) is 18.2 Å². The van der Waals surface area contributed by atoms with Gasteiger partial charge in [-0.05, 0) is 31.4 Å². The van der Waals surface area contributed by atoms with E-state index in [0.717, 1.165) is 18.4 Å². The number of nitrogens with zero attached hydrogens (tertiary/aromatic N) is 1. The number of nitrogens with one attached hydrogen (secondary N) is 2. The van der Waals surface area contributed by atoms with E-state index in [0.29, 0.717) is 6.61 Å². The Morgan fingerprint density at radius 3 is 2.54 bits per heavy atom. The number of ether oxygens (including phenoxy) is 1. The topological polar surface area (TPSA) is 89.4 Å². The van der Waals surface area contributed by atoms with Gasteiger partial charge < -0.3 is 19.9 Å². The quantitative estimate of drug-likeness (QED) is 0.759. The van der Waals surface area contributed by atoms with Gasteiger partial charge in [-0.3, -0.25) is 14.4 Å². The smallest absolute Gasteiger partial charge is 0.263 e. The minimum Gasteiger partial charge on any atom is -0.378 e. The summed E-state index contributed by atoms with van der Waals surface area (Å²) < 4.78 is 6.91. The minimum absolute atomic E-state index is 0.0435. The Morgan fingerprint density at radius 1 is 1.18 bits per heavy atom. The van der Waals surface area contributed by atoms with Gasteiger partial charge in [0.15, 0.2) is 0 Å². The van der Waals surface area contributed by atoms with Crippen LogP contribution in [0.4, 0.5) is 0 Å². The molecular formula is C21H25N3O4. The van der Waals surface area contributed by atoms with Crippen molar-refractivity contribution < 1.29 is 14.3 Å². The van der Waals surface area contributed by atoms with E-state index >= 15 is 0 Å². The van der Waals surface area contributed by atoms with Crippen LogP contribution in [0.2, 0.25) is 0 Å². The van der Waals surface area contributed by atoms with Crippen molar-refractivity contribution in [2.75, 3.05) is 13.7 Å². The Kier molecular flexibility index (Phi) is 6.26. The molecule has 7 heteroatoms. The standard InChI is InChI=1S/C21H25N3O4/c1-3-28-17-10-16(11-17)23-19(25)15-9-18(20(26)22-2)21(27)24(13-15)12-14-7-5-4-6-8-14/h4-9,13,16-17H,3,10-12H2,1-2H3,(H,22,26)(H,23,25). The summed E-state index contributed by atoms with van der Waals surface area (Å²) in [5, 5.41) is 5.41. The second-order valence-electron chi connectivity index (χ2n) is 6.86. The van der Waals surface area contributed by atoms with Crippen LogP contribution in [0.1, 0.15) is 46.0 Å². The zero-order chi connectivity index (χ0) is 20.1. The number of aromatic nitrogens is 1. The fourth-order valence-corrected chi connectivity index (χ4v) is 3.28. The van der Waals surface area contributed by atoms with Gasteiger partial charge in [-0.25, -0.2) is 0 Å². The summed E-state index contributed by atoms with van der Waals surface area (Å²) in [6.45, 7) is 2.88. The average Bonchev–Trinajstić information content (AvgIpc) is 2.68. The lowest BCUT2D eigenvalue weighted by Gasteiger charge is -2.35. The molecule has 0 aliphatic heterocycles. The van der Waals surface area contributed by atoms with Crippen molar-refractivity contribution in [2.45, 2.75) is 38.5 Å². The number of amides is 2. The lowest BCUT2D eigenvalue weighted by molar-refractivity contribution is -0.00863. The molecule has 1 aromatic carbocycles. The maximum absolute atomic E-state index is 12.7. The highest BCUT2D eigenvalue weighted by Gasteiger charge is 2.31. The number of carbonyl (C=O) groups is 2. The first-order chi connectivity index (χ1) is 13.5. The number of hydrogen-bond donors (Lipinski definition) is 2. The van der Waals surface area contributed by atoms with Crippen LogP contribution < -0.4 is 16.2 Å². The molecule has 1 heterocycles. The van der Waals surface area contributed by atoms with Crippen molar-refractivity contribution in [3.05, 3.63) is 69.6 Å². The van der Waals surface area contributed by atoms with Crippen molar-refractivity contribution in [1.29, 1.82) is 0 Å². The van der Waals surface area contributed by atoms with E-state index in [4.69, 9.17) is 4.74 Å². The summed E-state index contributed by atoms with van der Waals surface area (Å²) in [7, 11) is 1.46. The maximum Gasteiger partial charge on any atom is 0.263 e. The Bertz CT molecular complexity index is 902. The molecule has 1 aliphatic rings. The molecule has 2 amide bonds. The van der Waals surface area contributed by atoms with Crippen LogP contribution in [0.5, 0.6) is 0 Å². The van der Waals surface area contributed by atoms with Crippen molar-refractivity contribution in [3.8, 4) is 0 Å². The van der Waals surface area contributed by atoms with E-state index in [-0.39, 0.29) is 35.7 Å². The normalized spacial score (nSPS) is 18.2. The predicted molar refractivity (Wildman–Crippen MR) is 106 cm³/mol. The largest absolute Gasteiger partial charge is 0.378 e. The first-order valence-electron chi connectivity index (χ1n) is 9.44. The van der Waals surface area contributed by atoms with E-state index in [1.54, 1.807) is 0 Å². The Hall–Kier alpha value is -2.93. The second kappa shape index (κ2) is 8.84. The summed E-state index contributed by atoms with van der Waals surface area (Å²) >= 11 is 0. The van der Waals surface area contributed by atoms with E-state index < -0.39 is 11.5 Å². The fraction of sp³-hybridized carbons (Fsp3) is 0.381. The molecule has 2 N–H and O–H groups in total. The van der Waals surface area contributed by atoms with E-state index in [9.17, 15) is 14.4 Å². The molecule has 1 saturated carbocycles. The Morgan fingerprint density at radius 2 is 1.89 bits per heavy atom. The zero-order valence-corrected chi connectivity index (χ0v) is 16.1. The molecular weight excluding hydrogens is 358 g/mol. The molecule has 28 heavy (non-hydrogen) atoms. The van der Waals surface area contributed by atoms with Crippen molar-refractivity contribution >= 4 is 11.8 Å². The molecule has 1 aliphatic carbocycles. The fourth-order valence-electron chi connectivity index (χ4n) is 3.28. The lowest BCUT2D eigenvalue weighted by atomic mass is 9.89. The summed E-state index contributed by atoms with van der Waals surface area (Å²) in [6, 6.07) is 10.8. The molecule has 0 saturated heterocycles. The maximum atomic E-state index is 12.7. The zero-order valence-electron chi connectivity index (χ0n) is 16.1. The average molecular weight is 383 g/mol. The van der Waals surface area contributed by atoms with Gasteiger partial charge in [0, 0.05) is 25.9 Å². The third-order valence-corrected chi connectivity index (χ3v) is 4.85. The molecule has 3 rings (SSSR count). The molecule has 0 radical (unpaired) electrons. The third-order valence-electron chi connectivity index (χ3n) is 4.85. The second-order valence-corrected chi connectivity index (χ2v) is 6.86. The summed E-state index contributed by atoms with van der Waals surface area (Å²) in [4.78, 5) is 37.5. The molecule has 7 nitrogen and oxygen atoms in total.